The fourth-order valence-electron chi connectivity index (χ4n) is 3.64. The number of aromatic nitrogens is 2. The Kier molecular flexibility index (Phi) is 3.13. The van der Waals surface area contributed by atoms with Crippen molar-refractivity contribution >= 4 is 5.91 Å². The summed E-state index contributed by atoms with van der Waals surface area (Å²) in [5, 5.41) is 0. The van der Waals surface area contributed by atoms with Crippen molar-refractivity contribution in [3.8, 4) is 11.4 Å². The highest BCUT2D eigenvalue weighted by Crippen LogP contribution is 2.31. The molecule has 5 heteroatoms. The number of amides is 1. The Morgan fingerprint density at radius 3 is 2.76 bits per heavy atom. The average molecular weight is 331 g/mol. The van der Waals surface area contributed by atoms with E-state index in [1.807, 2.05) is 39.8 Å². The van der Waals surface area contributed by atoms with Crippen LogP contribution in [-0.4, -0.2) is 26.9 Å². The summed E-state index contributed by atoms with van der Waals surface area (Å²) in [4.78, 5) is 19.3. The zero-order valence-electron chi connectivity index (χ0n) is 13.7. The predicted octanol–water partition coefficient (Wildman–Crippen LogP) is 2.96. The van der Waals surface area contributed by atoms with E-state index in [4.69, 9.17) is 4.74 Å². The lowest BCUT2D eigenvalue weighted by molar-refractivity contribution is 0.0726. The minimum Gasteiger partial charge on any atom is -0.485 e. The van der Waals surface area contributed by atoms with Gasteiger partial charge in [0.15, 0.2) is 5.69 Å². The van der Waals surface area contributed by atoms with E-state index in [1.54, 1.807) is 6.33 Å². The second kappa shape index (κ2) is 5.48. The number of carbonyl (C=O) groups excluding carboxylic acids is 1. The summed E-state index contributed by atoms with van der Waals surface area (Å²) in [6.45, 7) is 1.72. The summed E-state index contributed by atoms with van der Waals surface area (Å²) >= 11 is 0. The molecule has 0 radical (unpaired) electrons. The minimum atomic E-state index is -0.0220. The molecule has 3 heterocycles. The molecule has 25 heavy (non-hydrogen) atoms. The zero-order valence-corrected chi connectivity index (χ0v) is 13.7. The van der Waals surface area contributed by atoms with Crippen molar-refractivity contribution in [2.75, 3.05) is 6.54 Å². The van der Waals surface area contributed by atoms with E-state index in [2.05, 4.69) is 23.2 Å². The summed E-state index contributed by atoms with van der Waals surface area (Å²) in [6, 6.07) is 16.1. The maximum atomic E-state index is 13.0. The van der Waals surface area contributed by atoms with Gasteiger partial charge in [0.25, 0.3) is 5.91 Å². The second-order valence-electron chi connectivity index (χ2n) is 6.41. The molecule has 1 aromatic heterocycles. The Balaban J connectivity index is 1.48. The summed E-state index contributed by atoms with van der Waals surface area (Å²) in [5.74, 6) is 0.796. The van der Waals surface area contributed by atoms with Crippen LogP contribution in [0.4, 0.5) is 0 Å². The predicted molar refractivity (Wildman–Crippen MR) is 92.8 cm³/mol. The molecule has 2 aliphatic heterocycles. The third kappa shape index (κ3) is 2.23. The highest BCUT2D eigenvalue weighted by Gasteiger charge is 2.29. The molecule has 3 aromatic rings. The Morgan fingerprint density at radius 1 is 1.04 bits per heavy atom. The van der Waals surface area contributed by atoms with Gasteiger partial charge in [0.1, 0.15) is 18.7 Å². The van der Waals surface area contributed by atoms with Crippen LogP contribution in [0.25, 0.3) is 5.69 Å². The molecule has 0 saturated heterocycles. The number of imidazole rings is 1. The summed E-state index contributed by atoms with van der Waals surface area (Å²) in [5.41, 5.74) is 4.79. The van der Waals surface area contributed by atoms with Crippen LogP contribution in [0.2, 0.25) is 0 Å². The summed E-state index contributed by atoms with van der Waals surface area (Å²) in [6.07, 6.45) is 2.61. The third-order valence-corrected chi connectivity index (χ3v) is 4.98. The number of hydrogen-bond acceptors (Lipinski definition) is 3. The van der Waals surface area contributed by atoms with E-state index in [0.717, 1.165) is 30.1 Å². The monoisotopic (exact) mass is 331 g/mol. The number of hydrogen-bond donors (Lipinski definition) is 0. The molecular weight excluding hydrogens is 314 g/mol. The number of nitrogens with zero attached hydrogens (tertiary/aromatic N) is 3. The van der Waals surface area contributed by atoms with Crippen LogP contribution in [0.3, 0.4) is 0 Å². The largest absolute Gasteiger partial charge is 0.485 e. The molecule has 1 amide bonds. The fourth-order valence-corrected chi connectivity index (χ4v) is 3.64. The maximum Gasteiger partial charge on any atom is 0.274 e. The van der Waals surface area contributed by atoms with E-state index in [-0.39, 0.29) is 5.91 Å². The standard InChI is InChI=1S/C20H17N3O2/c24-20(22-10-9-14-5-1-2-6-15(14)11-22)19-17-12-25-18-8-4-3-7-16(18)23(17)13-21-19/h1-8,13H,9-12H2. The van der Waals surface area contributed by atoms with Crippen LogP contribution in [0.15, 0.2) is 54.9 Å². The molecule has 0 N–H and O–H groups in total. The van der Waals surface area contributed by atoms with Gasteiger partial charge >= 0.3 is 0 Å². The van der Waals surface area contributed by atoms with E-state index < -0.39 is 0 Å². The molecule has 2 aliphatic rings. The van der Waals surface area contributed by atoms with Gasteiger partial charge in [-0.05, 0) is 29.7 Å². The van der Waals surface area contributed by atoms with Gasteiger partial charge in [-0.1, -0.05) is 36.4 Å². The van der Waals surface area contributed by atoms with Gasteiger partial charge in [-0.2, -0.15) is 0 Å². The third-order valence-electron chi connectivity index (χ3n) is 4.98. The Hall–Kier alpha value is -3.08. The van der Waals surface area contributed by atoms with Gasteiger partial charge in [-0.15, -0.1) is 0 Å². The van der Waals surface area contributed by atoms with Crippen molar-refractivity contribution < 1.29 is 9.53 Å². The van der Waals surface area contributed by atoms with Crippen LogP contribution >= 0.6 is 0 Å². The lowest BCUT2D eigenvalue weighted by atomic mass is 9.99. The van der Waals surface area contributed by atoms with Gasteiger partial charge in [-0.25, -0.2) is 4.98 Å². The first kappa shape index (κ1) is 14.3. The van der Waals surface area contributed by atoms with Crippen molar-refractivity contribution in [3.05, 3.63) is 77.4 Å². The van der Waals surface area contributed by atoms with Crippen molar-refractivity contribution in [3.63, 3.8) is 0 Å². The lowest BCUT2D eigenvalue weighted by Crippen LogP contribution is -2.36. The highest BCUT2D eigenvalue weighted by molar-refractivity contribution is 5.94. The van der Waals surface area contributed by atoms with E-state index in [9.17, 15) is 4.79 Å². The first-order valence-electron chi connectivity index (χ1n) is 8.46. The fraction of sp³-hybridized carbons (Fsp3) is 0.200. The normalized spacial score (nSPS) is 15.0. The van der Waals surface area contributed by atoms with Crippen molar-refractivity contribution in [1.82, 2.24) is 14.5 Å². The molecule has 0 saturated carbocycles. The van der Waals surface area contributed by atoms with Crippen molar-refractivity contribution in [2.24, 2.45) is 0 Å². The Labute approximate surface area is 145 Å². The highest BCUT2D eigenvalue weighted by atomic mass is 16.5. The molecule has 5 nitrogen and oxygen atoms in total. The molecular formula is C20H17N3O2. The van der Waals surface area contributed by atoms with Crippen LogP contribution in [0.5, 0.6) is 5.75 Å². The smallest absolute Gasteiger partial charge is 0.274 e. The number of para-hydroxylation sites is 2. The van der Waals surface area contributed by atoms with E-state index in [1.165, 1.54) is 11.1 Å². The van der Waals surface area contributed by atoms with Gasteiger partial charge in [-0.3, -0.25) is 9.36 Å². The second-order valence-corrected chi connectivity index (χ2v) is 6.41. The van der Waals surface area contributed by atoms with E-state index in [0.29, 0.717) is 18.8 Å². The van der Waals surface area contributed by atoms with Crippen LogP contribution in [0.1, 0.15) is 27.3 Å². The number of carbonyl (C=O) groups is 1. The lowest BCUT2D eigenvalue weighted by Gasteiger charge is -2.29. The molecule has 0 bridgehead atoms. The average Bonchev–Trinajstić information content (AvgIpc) is 3.11. The summed E-state index contributed by atoms with van der Waals surface area (Å²) in [7, 11) is 0. The van der Waals surface area contributed by atoms with Crippen molar-refractivity contribution in [2.45, 2.75) is 19.6 Å². The minimum absolute atomic E-state index is 0.0220. The van der Waals surface area contributed by atoms with Gasteiger partial charge in [0.2, 0.25) is 0 Å². The molecule has 0 fully saturated rings. The van der Waals surface area contributed by atoms with Gasteiger partial charge in [0, 0.05) is 13.1 Å². The summed E-state index contributed by atoms with van der Waals surface area (Å²) < 4.78 is 7.77. The first-order chi connectivity index (χ1) is 12.3. The zero-order chi connectivity index (χ0) is 16.8. The Bertz CT molecular complexity index is 977. The molecule has 5 rings (SSSR count). The van der Waals surface area contributed by atoms with Gasteiger partial charge < -0.3 is 9.64 Å². The molecule has 0 aliphatic carbocycles. The van der Waals surface area contributed by atoms with Gasteiger partial charge in [0.05, 0.1) is 11.4 Å². The number of fused-ring (bicyclic) bond motifs is 4. The Morgan fingerprint density at radius 2 is 1.84 bits per heavy atom. The maximum absolute atomic E-state index is 13.0. The van der Waals surface area contributed by atoms with Crippen LogP contribution < -0.4 is 4.74 Å². The number of benzene rings is 2. The van der Waals surface area contributed by atoms with E-state index >= 15 is 0 Å². The quantitative estimate of drug-likeness (QED) is 0.689. The van der Waals surface area contributed by atoms with Crippen molar-refractivity contribution in [1.29, 1.82) is 0 Å². The molecule has 2 aromatic carbocycles. The first-order valence-corrected chi connectivity index (χ1v) is 8.46. The molecule has 124 valence electrons. The molecule has 0 atom stereocenters. The molecule has 0 spiro atoms. The number of ether oxygens (including phenoxy) is 1. The SMILES string of the molecule is O=C(c1ncn2c1COc1ccccc1-2)N1CCc2ccccc2C1. The topological polar surface area (TPSA) is 47.4 Å². The van der Waals surface area contributed by atoms with Crippen LogP contribution in [0, 0.1) is 0 Å². The number of rotatable bonds is 1. The van der Waals surface area contributed by atoms with Crippen LogP contribution in [-0.2, 0) is 19.6 Å². The molecule has 0 unspecified atom stereocenters.